The van der Waals surface area contributed by atoms with Crippen molar-refractivity contribution < 1.29 is 9.53 Å². The topological polar surface area (TPSA) is 61.2 Å². The molecule has 0 unspecified atom stereocenters. The van der Waals surface area contributed by atoms with Gasteiger partial charge in [0.1, 0.15) is 0 Å². The van der Waals surface area contributed by atoms with E-state index in [0.717, 1.165) is 11.3 Å². The molecule has 0 N–H and O–H groups in total. The number of hydrogen-bond donors (Lipinski definition) is 0. The first kappa shape index (κ1) is 16.3. The molecule has 1 heterocycles. The lowest BCUT2D eigenvalue weighted by molar-refractivity contribution is -0.137. The summed E-state index contributed by atoms with van der Waals surface area (Å²) in [6, 6.07) is 14.8. The van der Waals surface area contributed by atoms with Crippen LogP contribution in [0.4, 0.5) is 0 Å². The van der Waals surface area contributed by atoms with Crippen LogP contribution in [0.5, 0.6) is 0 Å². The van der Waals surface area contributed by atoms with E-state index >= 15 is 0 Å². The van der Waals surface area contributed by atoms with Crippen LogP contribution in [0, 0.1) is 6.92 Å². The molecular weight excluding hydrogens is 324 g/mol. The number of aromatic nitrogens is 2. The quantitative estimate of drug-likeness (QED) is 0.415. The summed E-state index contributed by atoms with van der Waals surface area (Å²) in [6.07, 6.45) is 0. The molecule has 3 rings (SSSR count). The lowest BCUT2D eigenvalue weighted by Crippen LogP contribution is -2.22. The Morgan fingerprint density at radius 1 is 1.17 bits per heavy atom. The van der Waals surface area contributed by atoms with Gasteiger partial charge in [-0.05, 0) is 31.2 Å². The van der Waals surface area contributed by atoms with Crippen LogP contribution in [-0.2, 0) is 9.53 Å². The summed E-state index contributed by atoms with van der Waals surface area (Å²) in [5.74, 6) is -0.273. The van der Waals surface area contributed by atoms with Crippen molar-refractivity contribution in [2.24, 2.45) is 0 Å². The molecule has 0 saturated heterocycles. The normalized spacial score (nSPS) is 10.8. The number of hydrogen-bond acceptors (Lipinski definition) is 5. The number of carbonyl (C=O) groups excluding carboxylic acids is 1. The molecule has 0 aliphatic heterocycles. The lowest BCUT2D eigenvalue weighted by atomic mass is 10.2. The molecule has 2 aromatic carbocycles. The van der Waals surface area contributed by atoms with Gasteiger partial charge < -0.3 is 4.74 Å². The Kier molecular flexibility index (Phi) is 4.66. The number of carbonyl (C=O) groups is 1. The monoisotopic (exact) mass is 340 g/mol. The van der Waals surface area contributed by atoms with E-state index in [0.29, 0.717) is 16.1 Å². The van der Waals surface area contributed by atoms with Gasteiger partial charge in [-0.3, -0.25) is 14.2 Å². The van der Waals surface area contributed by atoms with E-state index in [-0.39, 0.29) is 17.3 Å². The second-order valence-corrected chi connectivity index (χ2v) is 6.19. The van der Waals surface area contributed by atoms with Gasteiger partial charge in [0.15, 0.2) is 5.16 Å². The maximum Gasteiger partial charge on any atom is 0.316 e. The molecule has 3 aromatic rings. The highest BCUT2D eigenvalue weighted by atomic mass is 32.2. The largest absolute Gasteiger partial charge is 0.468 e. The zero-order valence-electron chi connectivity index (χ0n) is 13.4. The van der Waals surface area contributed by atoms with Gasteiger partial charge in [-0.25, -0.2) is 4.98 Å². The number of nitrogens with zero attached hydrogens (tertiary/aromatic N) is 2. The van der Waals surface area contributed by atoms with Crippen LogP contribution in [-0.4, -0.2) is 28.4 Å². The van der Waals surface area contributed by atoms with Crippen molar-refractivity contribution >= 4 is 28.6 Å². The Balaban J connectivity index is 2.19. The van der Waals surface area contributed by atoms with Gasteiger partial charge in [0.05, 0.1) is 29.5 Å². The van der Waals surface area contributed by atoms with Gasteiger partial charge in [0, 0.05) is 0 Å². The fraction of sp³-hybridized carbons (Fsp3) is 0.167. The fourth-order valence-electron chi connectivity index (χ4n) is 2.31. The number of ether oxygens (including phenoxy) is 1. The van der Waals surface area contributed by atoms with Crippen molar-refractivity contribution in [2.45, 2.75) is 12.1 Å². The Bertz CT molecular complexity index is 949. The third-order valence-electron chi connectivity index (χ3n) is 3.58. The second-order valence-electron chi connectivity index (χ2n) is 5.25. The van der Waals surface area contributed by atoms with Crippen LogP contribution in [0.2, 0.25) is 0 Å². The summed E-state index contributed by atoms with van der Waals surface area (Å²) in [7, 11) is 1.34. The Labute approximate surface area is 143 Å². The number of fused-ring (bicyclic) bond motifs is 1. The Morgan fingerprint density at radius 3 is 2.58 bits per heavy atom. The average molecular weight is 340 g/mol. The van der Waals surface area contributed by atoms with Gasteiger partial charge in [0.2, 0.25) is 0 Å². The first-order valence-corrected chi connectivity index (χ1v) is 8.37. The number of para-hydroxylation sites is 1. The number of methoxy groups -OCH3 is 1. The molecule has 0 atom stereocenters. The summed E-state index contributed by atoms with van der Waals surface area (Å²) in [5, 5.41) is 1.01. The van der Waals surface area contributed by atoms with E-state index in [4.69, 9.17) is 0 Å². The van der Waals surface area contributed by atoms with Crippen LogP contribution in [0.25, 0.3) is 16.6 Å². The summed E-state index contributed by atoms with van der Waals surface area (Å²) in [4.78, 5) is 29.0. The molecule has 1 aromatic heterocycles. The number of esters is 1. The van der Waals surface area contributed by atoms with Gasteiger partial charge in [0.25, 0.3) is 5.56 Å². The zero-order chi connectivity index (χ0) is 17.1. The molecule has 24 heavy (non-hydrogen) atoms. The molecule has 0 amide bonds. The van der Waals surface area contributed by atoms with Crippen molar-refractivity contribution in [3.8, 4) is 5.69 Å². The highest BCUT2D eigenvalue weighted by Gasteiger charge is 2.14. The second kappa shape index (κ2) is 6.88. The van der Waals surface area contributed by atoms with E-state index in [1.165, 1.54) is 23.4 Å². The van der Waals surface area contributed by atoms with Crippen LogP contribution < -0.4 is 5.56 Å². The number of rotatable bonds is 4. The van der Waals surface area contributed by atoms with E-state index in [1.54, 1.807) is 12.1 Å². The van der Waals surface area contributed by atoms with E-state index in [9.17, 15) is 9.59 Å². The number of aryl methyl sites for hydroxylation is 1. The van der Waals surface area contributed by atoms with Crippen molar-refractivity contribution in [1.29, 1.82) is 0 Å². The highest BCUT2D eigenvalue weighted by molar-refractivity contribution is 7.99. The Morgan fingerprint density at radius 2 is 1.88 bits per heavy atom. The molecule has 6 heteroatoms. The van der Waals surface area contributed by atoms with Crippen LogP contribution in [0.3, 0.4) is 0 Å². The standard InChI is InChI=1S/C18H16N2O3S/c1-12-7-9-13(10-8-12)20-17(22)14-5-3-4-6-15(14)19-18(20)24-11-16(21)23-2/h3-10H,11H2,1-2H3. The SMILES string of the molecule is COC(=O)CSc1nc2ccccc2c(=O)n1-c1ccc(C)cc1. The van der Waals surface area contributed by atoms with Gasteiger partial charge in [-0.2, -0.15) is 0 Å². The minimum absolute atomic E-state index is 0.0904. The van der Waals surface area contributed by atoms with Crippen LogP contribution in [0.15, 0.2) is 58.5 Å². The number of thioether (sulfide) groups is 1. The van der Waals surface area contributed by atoms with Crippen LogP contribution >= 0.6 is 11.8 Å². The molecule has 0 radical (unpaired) electrons. The maximum atomic E-state index is 12.9. The molecule has 0 fully saturated rings. The Hall–Kier alpha value is -2.60. The maximum absolute atomic E-state index is 12.9. The smallest absolute Gasteiger partial charge is 0.316 e. The summed E-state index contributed by atoms with van der Waals surface area (Å²) in [6.45, 7) is 1.98. The van der Waals surface area contributed by atoms with Gasteiger partial charge in [-0.1, -0.05) is 41.6 Å². The minimum atomic E-state index is -0.363. The molecule has 0 bridgehead atoms. The molecule has 5 nitrogen and oxygen atoms in total. The number of benzene rings is 2. The van der Waals surface area contributed by atoms with Crippen molar-refractivity contribution in [3.63, 3.8) is 0 Å². The predicted molar refractivity (Wildman–Crippen MR) is 94.8 cm³/mol. The first-order chi connectivity index (χ1) is 11.6. The fourth-order valence-corrected chi connectivity index (χ4v) is 3.16. The third kappa shape index (κ3) is 3.19. The zero-order valence-corrected chi connectivity index (χ0v) is 14.2. The molecule has 122 valence electrons. The highest BCUT2D eigenvalue weighted by Crippen LogP contribution is 2.21. The predicted octanol–water partition coefficient (Wildman–Crippen LogP) is 2.96. The van der Waals surface area contributed by atoms with Gasteiger partial charge in [-0.15, -0.1) is 0 Å². The molecular formula is C18H16N2O3S. The van der Waals surface area contributed by atoms with Crippen molar-refractivity contribution in [3.05, 3.63) is 64.4 Å². The summed E-state index contributed by atoms with van der Waals surface area (Å²) >= 11 is 1.19. The lowest BCUT2D eigenvalue weighted by Gasteiger charge is -2.13. The summed E-state index contributed by atoms with van der Waals surface area (Å²) < 4.78 is 6.21. The van der Waals surface area contributed by atoms with Crippen LogP contribution in [0.1, 0.15) is 5.56 Å². The van der Waals surface area contributed by atoms with E-state index < -0.39 is 0 Å². The van der Waals surface area contributed by atoms with Crippen molar-refractivity contribution in [2.75, 3.05) is 12.9 Å². The summed E-state index contributed by atoms with van der Waals surface area (Å²) in [5.41, 5.74) is 2.27. The van der Waals surface area contributed by atoms with E-state index in [1.807, 2.05) is 43.3 Å². The third-order valence-corrected chi connectivity index (χ3v) is 4.50. The first-order valence-electron chi connectivity index (χ1n) is 7.38. The molecule has 0 aliphatic carbocycles. The molecule has 0 aliphatic rings. The van der Waals surface area contributed by atoms with Gasteiger partial charge >= 0.3 is 5.97 Å². The molecule has 0 spiro atoms. The molecule has 0 saturated carbocycles. The minimum Gasteiger partial charge on any atom is -0.468 e. The van der Waals surface area contributed by atoms with E-state index in [2.05, 4.69) is 9.72 Å². The van der Waals surface area contributed by atoms with Crippen molar-refractivity contribution in [1.82, 2.24) is 9.55 Å². The average Bonchev–Trinajstić information content (AvgIpc) is 2.61.